The predicted octanol–water partition coefficient (Wildman–Crippen LogP) is 3.92. The molecule has 0 radical (unpaired) electrons. The molecule has 19 heavy (non-hydrogen) atoms. The number of nitrogens with zero attached hydrogens (tertiary/aromatic N) is 1. The lowest BCUT2D eigenvalue weighted by Gasteiger charge is -2.13. The topological polar surface area (TPSA) is 38.9 Å². The van der Waals surface area contributed by atoms with E-state index in [1.807, 2.05) is 25.3 Å². The maximum absolute atomic E-state index is 6.05. The van der Waals surface area contributed by atoms with E-state index in [1.165, 1.54) is 16.7 Å². The van der Waals surface area contributed by atoms with Gasteiger partial charge in [0.25, 0.3) is 0 Å². The molecule has 0 bridgehead atoms. The highest BCUT2D eigenvalue weighted by atomic mass is 14.6. The lowest BCUT2D eigenvalue weighted by Crippen LogP contribution is -2.06. The summed E-state index contributed by atoms with van der Waals surface area (Å²) in [5.41, 5.74) is 10.6. The van der Waals surface area contributed by atoms with Crippen molar-refractivity contribution >= 4 is 10.9 Å². The van der Waals surface area contributed by atoms with Crippen LogP contribution in [-0.2, 0) is 0 Å². The highest BCUT2D eigenvalue weighted by Gasteiger charge is 2.08. The molecule has 0 aliphatic heterocycles. The Labute approximate surface area is 112 Å². The molecule has 2 heteroatoms. The van der Waals surface area contributed by atoms with E-state index in [-0.39, 0.29) is 6.04 Å². The van der Waals surface area contributed by atoms with Crippen LogP contribution in [0, 0.1) is 0 Å². The first kappa shape index (κ1) is 11.9. The molecule has 1 aromatic heterocycles. The highest BCUT2D eigenvalue weighted by molar-refractivity contribution is 5.85. The SMILES string of the molecule is CC(N)c1ccccc1-c1ccc2ncccc2c1. The van der Waals surface area contributed by atoms with Crippen LogP contribution in [0.3, 0.4) is 0 Å². The van der Waals surface area contributed by atoms with E-state index in [0.717, 1.165) is 10.9 Å². The number of nitrogens with two attached hydrogens (primary N) is 1. The summed E-state index contributed by atoms with van der Waals surface area (Å²) >= 11 is 0. The minimum atomic E-state index is 0.0285. The number of fused-ring (bicyclic) bond motifs is 1. The fourth-order valence-electron chi connectivity index (χ4n) is 2.40. The van der Waals surface area contributed by atoms with Gasteiger partial charge in [-0.15, -0.1) is 0 Å². The summed E-state index contributed by atoms with van der Waals surface area (Å²) in [6, 6.07) is 18.7. The Morgan fingerprint density at radius 2 is 1.84 bits per heavy atom. The van der Waals surface area contributed by atoms with Crippen LogP contribution in [0.2, 0.25) is 0 Å². The van der Waals surface area contributed by atoms with Gasteiger partial charge in [-0.2, -0.15) is 0 Å². The molecule has 1 heterocycles. The molecule has 0 aliphatic rings. The number of aromatic nitrogens is 1. The van der Waals surface area contributed by atoms with E-state index in [9.17, 15) is 0 Å². The van der Waals surface area contributed by atoms with Crippen LogP contribution in [0.5, 0.6) is 0 Å². The second-order valence-corrected chi connectivity index (χ2v) is 4.79. The molecule has 1 unspecified atom stereocenters. The van der Waals surface area contributed by atoms with Gasteiger partial charge in [-0.3, -0.25) is 4.98 Å². The number of rotatable bonds is 2. The average Bonchev–Trinajstić information content (AvgIpc) is 2.46. The molecule has 1 atom stereocenters. The minimum absolute atomic E-state index is 0.0285. The zero-order valence-electron chi connectivity index (χ0n) is 10.9. The first-order chi connectivity index (χ1) is 9.25. The fraction of sp³-hybridized carbons (Fsp3) is 0.118. The number of hydrogen-bond acceptors (Lipinski definition) is 2. The third kappa shape index (κ3) is 2.23. The van der Waals surface area contributed by atoms with Crippen LogP contribution >= 0.6 is 0 Å². The van der Waals surface area contributed by atoms with Gasteiger partial charge in [0.15, 0.2) is 0 Å². The molecule has 94 valence electrons. The van der Waals surface area contributed by atoms with E-state index >= 15 is 0 Å². The molecule has 2 nitrogen and oxygen atoms in total. The molecule has 0 amide bonds. The third-order valence-corrected chi connectivity index (χ3v) is 3.37. The fourth-order valence-corrected chi connectivity index (χ4v) is 2.40. The van der Waals surface area contributed by atoms with Crippen molar-refractivity contribution in [1.82, 2.24) is 4.98 Å². The zero-order valence-corrected chi connectivity index (χ0v) is 10.9. The molecule has 3 aromatic rings. The third-order valence-electron chi connectivity index (χ3n) is 3.37. The summed E-state index contributed by atoms with van der Waals surface area (Å²) in [5, 5.41) is 1.15. The monoisotopic (exact) mass is 248 g/mol. The maximum Gasteiger partial charge on any atom is 0.0702 e. The predicted molar refractivity (Wildman–Crippen MR) is 79.8 cm³/mol. The van der Waals surface area contributed by atoms with Crippen molar-refractivity contribution in [3.8, 4) is 11.1 Å². The summed E-state index contributed by atoms with van der Waals surface area (Å²) in [6.45, 7) is 2.02. The minimum Gasteiger partial charge on any atom is -0.324 e. The second kappa shape index (κ2) is 4.82. The molecular weight excluding hydrogens is 232 g/mol. The number of pyridine rings is 1. The summed E-state index contributed by atoms with van der Waals surface area (Å²) in [7, 11) is 0. The van der Waals surface area contributed by atoms with Gasteiger partial charge in [-0.05, 0) is 41.8 Å². The van der Waals surface area contributed by atoms with Gasteiger partial charge >= 0.3 is 0 Å². The Morgan fingerprint density at radius 1 is 1.00 bits per heavy atom. The van der Waals surface area contributed by atoms with E-state index < -0.39 is 0 Å². The van der Waals surface area contributed by atoms with Gasteiger partial charge in [0.05, 0.1) is 5.52 Å². The van der Waals surface area contributed by atoms with Crippen LogP contribution in [0.1, 0.15) is 18.5 Å². The molecule has 0 fully saturated rings. The normalized spacial score (nSPS) is 12.5. The number of hydrogen-bond donors (Lipinski definition) is 1. The van der Waals surface area contributed by atoms with E-state index in [2.05, 4.69) is 47.4 Å². The van der Waals surface area contributed by atoms with Crippen molar-refractivity contribution in [2.75, 3.05) is 0 Å². The second-order valence-electron chi connectivity index (χ2n) is 4.79. The van der Waals surface area contributed by atoms with Gasteiger partial charge in [0.1, 0.15) is 0 Å². The average molecular weight is 248 g/mol. The van der Waals surface area contributed by atoms with Gasteiger partial charge in [0, 0.05) is 17.6 Å². The zero-order chi connectivity index (χ0) is 13.2. The lowest BCUT2D eigenvalue weighted by atomic mass is 9.95. The first-order valence-electron chi connectivity index (χ1n) is 6.45. The summed E-state index contributed by atoms with van der Waals surface area (Å²) in [5.74, 6) is 0. The molecule has 0 saturated carbocycles. The largest absolute Gasteiger partial charge is 0.324 e. The number of benzene rings is 2. The Hall–Kier alpha value is -2.19. The Morgan fingerprint density at radius 3 is 2.68 bits per heavy atom. The lowest BCUT2D eigenvalue weighted by molar-refractivity contribution is 0.820. The van der Waals surface area contributed by atoms with Gasteiger partial charge in [-0.25, -0.2) is 0 Å². The summed E-state index contributed by atoms with van der Waals surface area (Å²) in [6.07, 6.45) is 1.82. The van der Waals surface area contributed by atoms with Crippen molar-refractivity contribution in [2.24, 2.45) is 5.73 Å². The van der Waals surface area contributed by atoms with Crippen LogP contribution in [0.15, 0.2) is 60.8 Å². The molecule has 0 spiro atoms. The Kier molecular flexibility index (Phi) is 3.02. The summed E-state index contributed by atoms with van der Waals surface area (Å²) < 4.78 is 0. The van der Waals surface area contributed by atoms with Crippen molar-refractivity contribution in [3.63, 3.8) is 0 Å². The molecule has 0 aliphatic carbocycles. The van der Waals surface area contributed by atoms with Crippen LogP contribution in [0.25, 0.3) is 22.0 Å². The molecule has 2 N–H and O–H groups in total. The van der Waals surface area contributed by atoms with Crippen molar-refractivity contribution in [3.05, 3.63) is 66.4 Å². The molecule has 0 saturated heterocycles. The summed E-state index contributed by atoms with van der Waals surface area (Å²) in [4.78, 5) is 4.35. The van der Waals surface area contributed by atoms with Crippen LogP contribution in [-0.4, -0.2) is 4.98 Å². The maximum atomic E-state index is 6.05. The van der Waals surface area contributed by atoms with Gasteiger partial charge in [-0.1, -0.05) is 36.4 Å². The van der Waals surface area contributed by atoms with Crippen molar-refractivity contribution in [1.29, 1.82) is 0 Å². The van der Waals surface area contributed by atoms with Crippen LogP contribution in [0.4, 0.5) is 0 Å². The smallest absolute Gasteiger partial charge is 0.0702 e. The Balaban J connectivity index is 2.19. The molecule has 3 rings (SSSR count). The first-order valence-corrected chi connectivity index (χ1v) is 6.45. The quantitative estimate of drug-likeness (QED) is 0.746. The highest BCUT2D eigenvalue weighted by Crippen LogP contribution is 2.29. The molecule has 2 aromatic carbocycles. The van der Waals surface area contributed by atoms with Gasteiger partial charge in [0.2, 0.25) is 0 Å². The van der Waals surface area contributed by atoms with Gasteiger partial charge < -0.3 is 5.73 Å². The van der Waals surface area contributed by atoms with E-state index in [1.54, 1.807) is 0 Å². The molecular formula is C17H16N2. The van der Waals surface area contributed by atoms with E-state index in [0.29, 0.717) is 0 Å². The van der Waals surface area contributed by atoms with Crippen molar-refractivity contribution in [2.45, 2.75) is 13.0 Å². The Bertz CT molecular complexity index is 717. The van der Waals surface area contributed by atoms with Crippen molar-refractivity contribution < 1.29 is 0 Å². The van der Waals surface area contributed by atoms with E-state index in [4.69, 9.17) is 5.73 Å². The standard InChI is InChI=1S/C17H16N2/c1-12(18)15-6-2-3-7-16(15)13-8-9-17-14(11-13)5-4-10-19-17/h2-12H,18H2,1H3. The van der Waals surface area contributed by atoms with Crippen LogP contribution < -0.4 is 5.73 Å².